The molecule has 0 unspecified atom stereocenters. The van der Waals surface area contributed by atoms with Crippen LogP contribution in [-0.2, 0) is 12.4 Å². The van der Waals surface area contributed by atoms with E-state index in [1.165, 1.54) is 12.1 Å². The maximum atomic E-state index is 13.4. The molecule has 2 aromatic carbocycles. The highest BCUT2D eigenvalue weighted by Gasteiger charge is 2.38. The smallest absolute Gasteiger partial charge is 0.247 e. The van der Waals surface area contributed by atoms with Crippen LogP contribution in [0.2, 0.25) is 0 Å². The average molecular weight is 722 g/mol. The van der Waals surface area contributed by atoms with Crippen molar-refractivity contribution in [3.8, 4) is 45.2 Å². The van der Waals surface area contributed by atoms with Gasteiger partial charge in [-0.05, 0) is 89.6 Å². The lowest BCUT2D eigenvalue weighted by atomic mass is 9.91. The third-order valence-electron chi connectivity index (χ3n) is 8.85. The van der Waals surface area contributed by atoms with Crippen LogP contribution in [0, 0.1) is 45.3 Å². The van der Waals surface area contributed by atoms with Gasteiger partial charge in [0.25, 0.3) is 0 Å². The van der Waals surface area contributed by atoms with Gasteiger partial charge in [-0.25, -0.2) is 4.99 Å². The molecule has 0 amide bonds. The van der Waals surface area contributed by atoms with Crippen molar-refractivity contribution in [2.75, 3.05) is 0 Å². The molecule has 248 valence electrons. The third kappa shape index (κ3) is 5.48. The van der Waals surface area contributed by atoms with Crippen LogP contribution in [0.3, 0.4) is 0 Å². The van der Waals surface area contributed by atoms with Crippen molar-refractivity contribution in [3.05, 3.63) is 121 Å². The average Bonchev–Trinajstić information content (AvgIpc) is 3.89. The van der Waals surface area contributed by atoms with E-state index in [9.17, 15) is 47.4 Å². The first-order valence-corrected chi connectivity index (χ1v) is 16.7. The molecule has 3 heterocycles. The Kier molecular flexibility index (Phi) is 7.95. The van der Waals surface area contributed by atoms with E-state index in [0.29, 0.717) is 101 Å². The molecule has 5 nitrogen and oxygen atoms in total. The number of allylic oxidation sites excluding steroid dienone is 7. The Morgan fingerprint density at radius 3 is 1.61 bits per heavy atom. The summed E-state index contributed by atoms with van der Waals surface area (Å²) in [6, 6.07) is 22.5. The molecule has 0 atom stereocenters. The van der Waals surface area contributed by atoms with Crippen LogP contribution in [0.25, 0.3) is 37.6 Å². The number of fused-ring (bicyclic) bond motifs is 5. The number of hydrogen-bond donors (Lipinski definition) is 0. The number of nitriles is 4. The Bertz CT molecular complexity index is 2530. The zero-order valence-corrected chi connectivity index (χ0v) is 27.6. The van der Waals surface area contributed by atoms with Crippen molar-refractivity contribution < 1.29 is 26.3 Å². The van der Waals surface area contributed by atoms with E-state index >= 15 is 0 Å². The summed E-state index contributed by atoms with van der Waals surface area (Å²) < 4.78 is 80.6. The first-order valence-electron chi connectivity index (χ1n) is 15.0. The van der Waals surface area contributed by atoms with Gasteiger partial charge in [0, 0.05) is 32.0 Å². The quantitative estimate of drug-likeness (QED) is 0.152. The fourth-order valence-electron chi connectivity index (χ4n) is 6.61. The standard InChI is InChI=1S/C38H17F6N5S2/c1-18-2-5-24-23-6-3-19(28-8-10-30(50-28)37(39,40)41)12-26(23)34(22(16-47)17-48)36(24)49-35-25-7-4-20(29-9-11-31(51-29)38(42,43)44)13-27(25)33(32(18)35)21(14-45)15-46/h3-4,6-13H,2,5H2,1H3/b32-18+,49-35-. The highest BCUT2D eigenvalue weighted by atomic mass is 32.1. The molecule has 0 bridgehead atoms. The van der Waals surface area contributed by atoms with Gasteiger partial charge in [0.05, 0.1) is 11.4 Å². The van der Waals surface area contributed by atoms with Gasteiger partial charge in [-0.1, -0.05) is 29.8 Å². The Balaban J connectivity index is 1.45. The molecular weight excluding hydrogens is 705 g/mol. The molecule has 4 aromatic rings. The molecule has 13 heteroatoms. The van der Waals surface area contributed by atoms with E-state index in [2.05, 4.69) is 0 Å². The number of halogens is 6. The molecule has 3 aliphatic rings. The zero-order chi connectivity index (χ0) is 36.4. The summed E-state index contributed by atoms with van der Waals surface area (Å²) in [6.45, 7) is 1.84. The van der Waals surface area contributed by atoms with Crippen LogP contribution in [0.4, 0.5) is 26.3 Å². The van der Waals surface area contributed by atoms with Gasteiger partial charge in [-0.2, -0.15) is 47.4 Å². The lowest BCUT2D eigenvalue weighted by molar-refractivity contribution is -0.135. The summed E-state index contributed by atoms with van der Waals surface area (Å²) in [5.41, 5.74) is 5.60. The molecule has 0 saturated heterocycles. The molecule has 2 aliphatic carbocycles. The van der Waals surface area contributed by atoms with Crippen LogP contribution in [0.1, 0.15) is 51.8 Å². The van der Waals surface area contributed by atoms with Crippen molar-refractivity contribution in [2.24, 2.45) is 4.99 Å². The number of hydrogen-bond acceptors (Lipinski definition) is 7. The van der Waals surface area contributed by atoms with E-state index in [4.69, 9.17) is 4.99 Å². The molecule has 1 aliphatic heterocycles. The SMILES string of the molecule is C/C1=C2/C(=C(C#N)C#N)c3cc(-c4ccc(C(F)(F)F)s4)ccc3/C2=N/C2=C(CC1)c1ccc(-c3ccc(C(F)(F)F)s3)cc1C2=C(C#N)C#N. The fraction of sp³-hybridized carbons (Fsp3) is 0.132. The summed E-state index contributed by atoms with van der Waals surface area (Å²) >= 11 is 1.14. The maximum Gasteiger partial charge on any atom is 0.425 e. The normalized spacial score (nSPS) is 17.4. The lowest BCUT2D eigenvalue weighted by Crippen LogP contribution is -2.06. The molecule has 0 radical (unpaired) electrons. The molecule has 7 rings (SSSR count). The largest absolute Gasteiger partial charge is 0.425 e. The van der Waals surface area contributed by atoms with Crippen LogP contribution in [0.15, 0.2) is 93.6 Å². The molecule has 51 heavy (non-hydrogen) atoms. The minimum absolute atomic E-state index is 0.209. The van der Waals surface area contributed by atoms with Crippen molar-refractivity contribution >= 4 is 45.1 Å². The minimum atomic E-state index is -4.53. The number of aliphatic imine (C=N–C) groups is 1. The van der Waals surface area contributed by atoms with Gasteiger partial charge in [-0.15, -0.1) is 22.7 Å². The summed E-state index contributed by atoms with van der Waals surface area (Å²) in [4.78, 5) is 4.20. The molecular formula is C38H17F6N5S2. The van der Waals surface area contributed by atoms with Crippen LogP contribution in [-0.4, -0.2) is 5.71 Å². The summed E-state index contributed by atoms with van der Waals surface area (Å²) in [5, 5.41) is 40.2. The number of benzene rings is 2. The Morgan fingerprint density at radius 2 is 1.12 bits per heavy atom. The van der Waals surface area contributed by atoms with Crippen molar-refractivity contribution in [2.45, 2.75) is 32.1 Å². The Hall–Kier alpha value is -5.99. The van der Waals surface area contributed by atoms with E-state index < -0.39 is 22.1 Å². The van der Waals surface area contributed by atoms with Gasteiger partial charge in [0.2, 0.25) is 0 Å². The Labute approximate surface area is 294 Å². The number of thiophene rings is 2. The maximum absolute atomic E-state index is 13.4. The molecule has 2 aromatic heterocycles. The first-order chi connectivity index (χ1) is 24.3. The van der Waals surface area contributed by atoms with Gasteiger partial charge in [-0.3, -0.25) is 0 Å². The summed E-state index contributed by atoms with van der Waals surface area (Å²) in [7, 11) is 0. The van der Waals surface area contributed by atoms with E-state index in [-0.39, 0.29) is 22.3 Å². The van der Waals surface area contributed by atoms with E-state index in [1.54, 1.807) is 36.4 Å². The van der Waals surface area contributed by atoms with Crippen molar-refractivity contribution in [1.82, 2.24) is 0 Å². The molecule has 0 fully saturated rings. The monoisotopic (exact) mass is 721 g/mol. The zero-order valence-electron chi connectivity index (χ0n) is 26.0. The fourth-order valence-corrected chi connectivity index (χ4v) is 8.35. The summed E-state index contributed by atoms with van der Waals surface area (Å²) in [6.07, 6.45) is -8.27. The lowest BCUT2D eigenvalue weighted by Gasteiger charge is -2.15. The van der Waals surface area contributed by atoms with E-state index in [1.807, 2.05) is 31.2 Å². The second-order valence-electron chi connectivity index (χ2n) is 11.7. The predicted molar refractivity (Wildman–Crippen MR) is 181 cm³/mol. The number of rotatable bonds is 2. The van der Waals surface area contributed by atoms with Crippen molar-refractivity contribution in [1.29, 1.82) is 21.0 Å². The second kappa shape index (κ2) is 12.1. The number of nitrogens with zero attached hydrogens (tertiary/aromatic N) is 5. The van der Waals surface area contributed by atoms with Gasteiger partial charge in [0.1, 0.15) is 45.2 Å². The van der Waals surface area contributed by atoms with Crippen LogP contribution >= 0.6 is 22.7 Å². The second-order valence-corrected chi connectivity index (χ2v) is 13.9. The van der Waals surface area contributed by atoms with Crippen LogP contribution in [0.5, 0.6) is 0 Å². The highest BCUT2D eigenvalue weighted by molar-refractivity contribution is 7.16. The highest BCUT2D eigenvalue weighted by Crippen LogP contribution is 2.52. The first kappa shape index (κ1) is 33.5. The van der Waals surface area contributed by atoms with Crippen molar-refractivity contribution in [3.63, 3.8) is 0 Å². The number of alkyl halides is 6. The predicted octanol–water partition coefficient (Wildman–Crippen LogP) is 11.1. The minimum Gasteiger partial charge on any atom is -0.247 e. The Morgan fingerprint density at radius 1 is 0.627 bits per heavy atom. The van der Waals surface area contributed by atoms with E-state index in [0.717, 1.165) is 17.7 Å². The third-order valence-corrected chi connectivity index (χ3v) is 11.2. The van der Waals surface area contributed by atoms with Gasteiger partial charge in [0.15, 0.2) is 0 Å². The van der Waals surface area contributed by atoms with Gasteiger partial charge >= 0.3 is 12.4 Å². The topological polar surface area (TPSA) is 108 Å². The van der Waals surface area contributed by atoms with Gasteiger partial charge < -0.3 is 0 Å². The molecule has 0 N–H and O–H groups in total. The summed E-state index contributed by atoms with van der Waals surface area (Å²) in [5.74, 6) is 0. The molecule has 0 saturated carbocycles. The molecule has 0 spiro atoms. The van der Waals surface area contributed by atoms with Crippen LogP contribution < -0.4 is 0 Å².